The van der Waals surface area contributed by atoms with Crippen LogP contribution in [-0.4, -0.2) is 11.5 Å². The molecule has 8 heteroatoms. The van der Waals surface area contributed by atoms with Gasteiger partial charge in [0.05, 0.1) is 5.16 Å². The molecule has 0 heterocycles. The summed E-state index contributed by atoms with van der Waals surface area (Å²) in [5.74, 6) is 3.01. The van der Waals surface area contributed by atoms with Gasteiger partial charge in [0.2, 0.25) is 0 Å². The van der Waals surface area contributed by atoms with E-state index in [-0.39, 0.29) is 11.3 Å². The summed E-state index contributed by atoms with van der Waals surface area (Å²) in [6.45, 7) is 1.73. The predicted molar refractivity (Wildman–Crippen MR) is 89.5 cm³/mol. The number of nitrogens with zero attached hydrogens (tertiary/aromatic N) is 1. The average molecular weight is 383 g/mol. The second-order valence-corrected chi connectivity index (χ2v) is 5.14. The van der Waals surface area contributed by atoms with Gasteiger partial charge in [-0.15, -0.1) is 13.2 Å². The number of hydrogen-bond donors (Lipinski definition) is 0. The Labute approximate surface area is 151 Å². The first-order chi connectivity index (χ1) is 12.2. The van der Waals surface area contributed by atoms with E-state index in [0.717, 1.165) is 18.2 Å². The van der Waals surface area contributed by atoms with Crippen LogP contribution in [0, 0.1) is 23.5 Å². The zero-order chi connectivity index (χ0) is 19.3. The Hall–Kier alpha value is -2.75. The highest BCUT2D eigenvalue weighted by molar-refractivity contribution is 7.78. The number of hydrogen-bond acceptors (Lipinski definition) is 3. The normalized spacial score (nSPS) is 10.5. The Morgan fingerprint density at radius 2 is 1.73 bits per heavy atom. The van der Waals surface area contributed by atoms with Gasteiger partial charge in [0.15, 0.2) is 11.6 Å². The number of aliphatic imine (C=N–C) groups is 1. The Balaban J connectivity index is 2.36. The molecule has 26 heavy (non-hydrogen) atoms. The molecule has 134 valence electrons. The van der Waals surface area contributed by atoms with Crippen molar-refractivity contribution in [3.8, 4) is 17.6 Å². The number of alkyl halides is 3. The van der Waals surface area contributed by atoms with Crippen molar-refractivity contribution in [2.45, 2.75) is 19.7 Å². The largest absolute Gasteiger partial charge is 0.573 e. The van der Waals surface area contributed by atoms with E-state index in [2.05, 4.69) is 33.8 Å². The van der Waals surface area contributed by atoms with E-state index < -0.39 is 23.7 Å². The molecule has 0 aliphatic rings. The third kappa shape index (κ3) is 5.12. The predicted octanol–water partition coefficient (Wildman–Crippen LogP) is 5.56. The van der Waals surface area contributed by atoms with Crippen LogP contribution in [0.15, 0.2) is 35.3 Å². The first-order valence-electron chi connectivity index (χ1n) is 7.21. The Bertz CT molecular complexity index is 914. The first-order valence-corrected chi connectivity index (χ1v) is 7.62. The van der Waals surface area contributed by atoms with Crippen LogP contribution in [0.3, 0.4) is 0 Å². The second kappa shape index (κ2) is 8.09. The van der Waals surface area contributed by atoms with Crippen molar-refractivity contribution >= 4 is 23.1 Å². The Morgan fingerprint density at radius 1 is 1.08 bits per heavy atom. The van der Waals surface area contributed by atoms with Gasteiger partial charge in [0.1, 0.15) is 11.4 Å². The van der Waals surface area contributed by atoms with Gasteiger partial charge in [-0.1, -0.05) is 18.8 Å². The summed E-state index contributed by atoms with van der Waals surface area (Å²) >= 11 is 4.31. The number of ether oxygens (including phenoxy) is 1. The molecule has 2 aromatic rings. The van der Waals surface area contributed by atoms with Gasteiger partial charge in [0.25, 0.3) is 0 Å². The van der Waals surface area contributed by atoms with Crippen LogP contribution in [0.4, 0.5) is 27.6 Å². The van der Waals surface area contributed by atoms with Crippen LogP contribution in [0.5, 0.6) is 5.75 Å². The van der Waals surface area contributed by atoms with Crippen molar-refractivity contribution in [2.75, 3.05) is 0 Å². The third-order valence-electron chi connectivity index (χ3n) is 3.21. The van der Waals surface area contributed by atoms with Crippen LogP contribution in [-0.2, 0) is 6.42 Å². The zero-order valence-electron chi connectivity index (χ0n) is 13.2. The average Bonchev–Trinajstić information content (AvgIpc) is 2.55. The molecule has 0 aliphatic heterocycles. The lowest BCUT2D eigenvalue weighted by atomic mass is 10.0. The van der Waals surface area contributed by atoms with Gasteiger partial charge in [-0.05, 0) is 54.5 Å². The minimum absolute atomic E-state index is 0.0426. The number of benzene rings is 2. The highest BCUT2D eigenvalue weighted by atomic mass is 32.1. The van der Waals surface area contributed by atoms with Crippen molar-refractivity contribution in [3.05, 3.63) is 58.7 Å². The highest BCUT2D eigenvalue weighted by Gasteiger charge is 2.31. The molecule has 0 aliphatic carbocycles. The molecule has 0 aromatic heterocycles. The van der Waals surface area contributed by atoms with E-state index in [0.29, 0.717) is 17.5 Å². The summed E-state index contributed by atoms with van der Waals surface area (Å²) in [6.07, 6.45) is -4.40. The smallest absolute Gasteiger partial charge is 0.406 e. The van der Waals surface area contributed by atoms with E-state index >= 15 is 0 Å². The van der Waals surface area contributed by atoms with E-state index in [1.807, 2.05) is 5.16 Å². The molecule has 0 N–H and O–H groups in total. The summed E-state index contributed by atoms with van der Waals surface area (Å²) in [6, 6.07) is 5.65. The second-order valence-electron chi connectivity index (χ2n) is 4.96. The van der Waals surface area contributed by atoms with Gasteiger partial charge >= 0.3 is 6.36 Å². The molecule has 0 bridgehead atoms. The topological polar surface area (TPSA) is 21.6 Å². The maximum atomic E-state index is 13.8. The van der Waals surface area contributed by atoms with Crippen LogP contribution in [0.25, 0.3) is 0 Å². The number of thiocarbonyl (C=S) groups is 1. The van der Waals surface area contributed by atoms with E-state index in [1.165, 1.54) is 12.1 Å². The van der Waals surface area contributed by atoms with E-state index in [4.69, 9.17) is 0 Å². The SMILES string of the molecule is CCc1cc(OC(F)(F)F)ccc1C#Cc1cc(F)c(N=C=S)c(F)c1. The number of isothiocyanates is 1. The number of rotatable bonds is 3. The minimum Gasteiger partial charge on any atom is -0.406 e. The lowest BCUT2D eigenvalue weighted by molar-refractivity contribution is -0.274. The number of aryl methyl sites for hydroxylation is 1. The molecule has 2 rings (SSSR count). The Kier molecular flexibility index (Phi) is 6.09. The molecule has 0 atom stereocenters. The molecule has 0 fully saturated rings. The summed E-state index contributed by atoms with van der Waals surface area (Å²) in [5.41, 5.74) is 0.403. The summed E-state index contributed by atoms with van der Waals surface area (Å²) < 4.78 is 68.2. The third-order valence-corrected chi connectivity index (χ3v) is 3.30. The molecule has 0 saturated carbocycles. The monoisotopic (exact) mass is 383 g/mol. The molecule has 0 radical (unpaired) electrons. The first kappa shape index (κ1) is 19.6. The molecule has 0 unspecified atom stereocenters. The zero-order valence-corrected chi connectivity index (χ0v) is 14.1. The molecule has 2 nitrogen and oxygen atoms in total. The molecule has 0 spiro atoms. The molecule has 0 amide bonds. The van der Waals surface area contributed by atoms with Crippen LogP contribution < -0.4 is 4.74 Å². The van der Waals surface area contributed by atoms with Crippen molar-refractivity contribution in [2.24, 2.45) is 4.99 Å². The fourth-order valence-electron chi connectivity index (χ4n) is 2.11. The van der Waals surface area contributed by atoms with Gasteiger partial charge in [-0.25, -0.2) is 8.78 Å². The van der Waals surface area contributed by atoms with Crippen molar-refractivity contribution in [3.63, 3.8) is 0 Å². The summed E-state index contributed by atoms with van der Waals surface area (Å²) in [7, 11) is 0. The fourth-order valence-corrected chi connectivity index (χ4v) is 2.20. The lowest BCUT2D eigenvalue weighted by Gasteiger charge is -2.10. The summed E-state index contributed by atoms with van der Waals surface area (Å²) in [4.78, 5) is 3.29. The van der Waals surface area contributed by atoms with Crippen LogP contribution >= 0.6 is 12.2 Å². The lowest BCUT2D eigenvalue weighted by Crippen LogP contribution is -2.17. The standard InChI is InChI=1S/C18H10F5NOS/c1-2-12-9-14(25-18(21,22)23)6-5-13(12)4-3-11-7-15(19)17(24-10-26)16(20)8-11/h5-9H,2H2,1H3. The maximum absolute atomic E-state index is 13.8. The summed E-state index contributed by atoms with van der Waals surface area (Å²) in [5, 5.41) is 1.88. The maximum Gasteiger partial charge on any atom is 0.573 e. The fraction of sp³-hybridized carbons (Fsp3) is 0.167. The quantitative estimate of drug-likeness (QED) is 0.300. The van der Waals surface area contributed by atoms with Gasteiger partial charge < -0.3 is 4.74 Å². The van der Waals surface area contributed by atoms with Gasteiger partial charge in [0, 0.05) is 11.1 Å². The van der Waals surface area contributed by atoms with Crippen molar-refractivity contribution in [1.29, 1.82) is 0 Å². The van der Waals surface area contributed by atoms with Crippen molar-refractivity contribution < 1.29 is 26.7 Å². The minimum atomic E-state index is -4.79. The van der Waals surface area contributed by atoms with Crippen molar-refractivity contribution in [1.82, 2.24) is 0 Å². The van der Waals surface area contributed by atoms with Crippen LogP contribution in [0.1, 0.15) is 23.6 Å². The van der Waals surface area contributed by atoms with E-state index in [9.17, 15) is 22.0 Å². The van der Waals surface area contributed by atoms with Crippen LogP contribution in [0.2, 0.25) is 0 Å². The van der Waals surface area contributed by atoms with Gasteiger partial charge in [-0.3, -0.25) is 0 Å². The molecular formula is C18H10F5NOS. The molecule has 0 saturated heterocycles. The highest BCUT2D eigenvalue weighted by Crippen LogP contribution is 2.26. The van der Waals surface area contributed by atoms with Gasteiger partial charge in [-0.2, -0.15) is 4.99 Å². The molecule has 2 aromatic carbocycles. The van der Waals surface area contributed by atoms with E-state index in [1.54, 1.807) is 6.92 Å². The number of halogens is 5. The Morgan fingerprint density at radius 3 is 2.27 bits per heavy atom. The molecular weight excluding hydrogens is 373 g/mol.